The van der Waals surface area contributed by atoms with Crippen LogP contribution in [0.25, 0.3) is 0 Å². The van der Waals surface area contributed by atoms with Crippen LogP contribution >= 0.6 is 0 Å². The lowest BCUT2D eigenvalue weighted by Gasteiger charge is -2.28. The normalized spacial score (nSPS) is 15.1. The van der Waals surface area contributed by atoms with Gasteiger partial charge in [-0.3, -0.25) is 4.79 Å². The first-order valence-corrected chi connectivity index (χ1v) is 11.4. The van der Waals surface area contributed by atoms with E-state index in [4.69, 9.17) is 4.74 Å². The molecule has 1 unspecified atom stereocenters. The van der Waals surface area contributed by atoms with Crippen molar-refractivity contribution in [2.24, 2.45) is 0 Å². The molecule has 1 amide bonds. The van der Waals surface area contributed by atoms with Gasteiger partial charge in [0.25, 0.3) is 5.91 Å². The number of sulfonamides is 1. The van der Waals surface area contributed by atoms with Crippen LogP contribution in [0, 0.1) is 0 Å². The summed E-state index contributed by atoms with van der Waals surface area (Å²) in [6.45, 7) is 4.67. The fourth-order valence-corrected chi connectivity index (χ4v) is 4.68. The average Bonchev–Trinajstić information content (AvgIpc) is 2.77. The number of amides is 1. The zero-order valence-corrected chi connectivity index (χ0v) is 17.9. The third-order valence-corrected chi connectivity index (χ3v) is 6.89. The summed E-state index contributed by atoms with van der Waals surface area (Å²) in [5.41, 5.74) is 2.36. The van der Waals surface area contributed by atoms with Crippen molar-refractivity contribution in [1.82, 2.24) is 9.62 Å². The van der Waals surface area contributed by atoms with Crippen LogP contribution in [0.4, 0.5) is 0 Å². The minimum Gasteiger partial charge on any atom is -0.449 e. The zero-order valence-electron chi connectivity index (χ0n) is 17.1. The molecule has 1 heterocycles. The number of hydrogen-bond donors (Lipinski definition) is 1. The Labute approximate surface area is 177 Å². The highest BCUT2D eigenvalue weighted by atomic mass is 32.2. The monoisotopic (exact) mass is 430 g/mol. The highest BCUT2D eigenvalue weighted by Crippen LogP contribution is 2.25. The summed E-state index contributed by atoms with van der Waals surface area (Å²) >= 11 is 0. The molecule has 1 aliphatic heterocycles. The van der Waals surface area contributed by atoms with Crippen molar-refractivity contribution >= 4 is 21.9 Å². The second kappa shape index (κ2) is 9.40. The van der Waals surface area contributed by atoms with Gasteiger partial charge in [0, 0.05) is 19.6 Å². The molecule has 2 aromatic rings. The first-order chi connectivity index (χ1) is 14.3. The molecular weight excluding hydrogens is 404 g/mol. The topological polar surface area (TPSA) is 92.8 Å². The number of esters is 1. The first-order valence-electron chi connectivity index (χ1n) is 9.98. The van der Waals surface area contributed by atoms with E-state index in [0.29, 0.717) is 26.1 Å². The van der Waals surface area contributed by atoms with Crippen LogP contribution in [0.5, 0.6) is 0 Å². The van der Waals surface area contributed by atoms with Crippen molar-refractivity contribution in [3.63, 3.8) is 0 Å². The number of ether oxygens (including phenoxy) is 1. The van der Waals surface area contributed by atoms with Crippen LogP contribution < -0.4 is 5.32 Å². The minimum atomic E-state index is -3.68. The Bertz CT molecular complexity index is 1020. The molecule has 7 nitrogen and oxygen atoms in total. The van der Waals surface area contributed by atoms with Gasteiger partial charge in [-0.05, 0) is 55.2 Å². The van der Waals surface area contributed by atoms with E-state index in [0.717, 1.165) is 12.0 Å². The molecule has 0 saturated heterocycles. The van der Waals surface area contributed by atoms with E-state index in [2.05, 4.69) is 5.32 Å². The quantitative estimate of drug-likeness (QED) is 0.682. The molecule has 0 spiro atoms. The lowest BCUT2D eigenvalue weighted by Crippen LogP contribution is -2.36. The molecule has 0 fully saturated rings. The Morgan fingerprint density at radius 3 is 2.43 bits per heavy atom. The smallest absolute Gasteiger partial charge is 0.338 e. The van der Waals surface area contributed by atoms with Gasteiger partial charge in [0.05, 0.1) is 10.5 Å². The number of carbonyl (C=O) groups excluding carboxylic acids is 2. The Morgan fingerprint density at radius 2 is 1.77 bits per heavy atom. The molecule has 160 valence electrons. The molecule has 8 heteroatoms. The van der Waals surface area contributed by atoms with Crippen molar-refractivity contribution in [3.05, 3.63) is 65.2 Å². The number of benzene rings is 2. The summed E-state index contributed by atoms with van der Waals surface area (Å²) in [5.74, 6) is -1.04. The highest BCUT2D eigenvalue weighted by molar-refractivity contribution is 7.89. The van der Waals surface area contributed by atoms with Gasteiger partial charge in [-0.25, -0.2) is 13.2 Å². The van der Waals surface area contributed by atoms with Crippen LogP contribution in [0.2, 0.25) is 0 Å². The van der Waals surface area contributed by atoms with Gasteiger partial charge in [0.1, 0.15) is 0 Å². The number of nitrogens with one attached hydrogen (secondary N) is 1. The summed E-state index contributed by atoms with van der Waals surface area (Å²) in [7, 11) is -3.68. The number of rotatable bonds is 7. The SMILES string of the molecule is CCCNC(=O)C(C)OC(=O)c1ccc(S(=O)(=O)N2CCc3ccccc3C2)cc1. The third-order valence-electron chi connectivity index (χ3n) is 5.03. The predicted molar refractivity (Wildman–Crippen MR) is 112 cm³/mol. The van der Waals surface area contributed by atoms with E-state index in [9.17, 15) is 18.0 Å². The van der Waals surface area contributed by atoms with Crippen molar-refractivity contribution in [2.75, 3.05) is 13.1 Å². The summed E-state index contributed by atoms with van der Waals surface area (Å²) < 4.78 is 32.6. The molecule has 30 heavy (non-hydrogen) atoms. The molecule has 1 N–H and O–H groups in total. The second-order valence-corrected chi connectivity index (χ2v) is 9.16. The maximum absolute atomic E-state index is 13.0. The van der Waals surface area contributed by atoms with Crippen molar-refractivity contribution in [2.45, 2.75) is 44.2 Å². The van der Waals surface area contributed by atoms with Crippen LogP contribution in [0.3, 0.4) is 0 Å². The third kappa shape index (κ3) is 4.88. The maximum atomic E-state index is 13.0. The molecule has 2 aromatic carbocycles. The Morgan fingerprint density at radius 1 is 1.10 bits per heavy atom. The van der Waals surface area contributed by atoms with Gasteiger partial charge in [0.2, 0.25) is 10.0 Å². The molecule has 0 bridgehead atoms. The van der Waals surface area contributed by atoms with E-state index in [1.165, 1.54) is 41.1 Å². The fraction of sp³-hybridized carbons (Fsp3) is 0.364. The number of hydrogen-bond acceptors (Lipinski definition) is 5. The number of carbonyl (C=O) groups is 2. The van der Waals surface area contributed by atoms with Gasteiger partial charge in [0.15, 0.2) is 6.10 Å². The summed E-state index contributed by atoms with van der Waals surface area (Å²) in [5, 5.41) is 2.66. The van der Waals surface area contributed by atoms with Gasteiger partial charge in [-0.15, -0.1) is 0 Å². The van der Waals surface area contributed by atoms with E-state index in [1.54, 1.807) is 0 Å². The average molecular weight is 431 g/mol. The van der Waals surface area contributed by atoms with E-state index < -0.39 is 22.1 Å². The number of fused-ring (bicyclic) bond motifs is 1. The first kappa shape index (κ1) is 22.0. The Kier molecular flexibility index (Phi) is 6.89. The summed E-state index contributed by atoms with van der Waals surface area (Å²) in [6, 6.07) is 13.4. The molecule has 0 saturated carbocycles. The fourth-order valence-electron chi connectivity index (χ4n) is 3.26. The standard InChI is InChI=1S/C22H26N2O5S/c1-3-13-23-21(25)16(2)29-22(26)18-8-10-20(11-9-18)30(27,28)24-14-12-17-6-4-5-7-19(17)15-24/h4-11,16H,3,12-15H2,1-2H3,(H,23,25). The van der Waals surface area contributed by atoms with E-state index in [1.807, 2.05) is 31.2 Å². The van der Waals surface area contributed by atoms with Gasteiger partial charge in [-0.1, -0.05) is 31.2 Å². The Balaban J connectivity index is 1.67. The minimum absolute atomic E-state index is 0.118. The zero-order chi connectivity index (χ0) is 21.7. The predicted octanol–water partition coefficient (Wildman–Crippen LogP) is 2.51. The molecule has 1 atom stereocenters. The van der Waals surface area contributed by atoms with Gasteiger partial charge < -0.3 is 10.1 Å². The van der Waals surface area contributed by atoms with Gasteiger partial charge >= 0.3 is 5.97 Å². The van der Waals surface area contributed by atoms with Crippen LogP contribution in [0.15, 0.2) is 53.4 Å². The van der Waals surface area contributed by atoms with Gasteiger partial charge in [-0.2, -0.15) is 4.31 Å². The van der Waals surface area contributed by atoms with Crippen molar-refractivity contribution in [1.29, 1.82) is 0 Å². The maximum Gasteiger partial charge on any atom is 0.338 e. The largest absolute Gasteiger partial charge is 0.449 e. The Hall–Kier alpha value is -2.71. The van der Waals surface area contributed by atoms with Crippen LogP contribution in [0.1, 0.15) is 41.8 Å². The van der Waals surface area contributed by atoms with Crippen LogP contribution in [-0.4, -0.2) is 43.8 Å². The van der Waals surface area contributed by atoms with Crippen molar-refractivity contribution < 1.29 is 22.7 Å². The molecule has 0 radical (unpaired) electrons. The van der Waals surface area contributed by atoms with Crippen LogP contribution in [-0.2, 0) is 32.5 Å². The summed E-state index contributed by atoms with van der Waals surface area (Å²) in [6.07, 6.45) is 0.517. The molecular formula is C22H26N2O5S. The lowest BCUT2D eigenvalue weighted by molar-refractivity contribution is -0.129. The molecule has 0 aliphatic carbocycles. The van der Waals surface area contributed by atoms with E-state index >= 15 is 0 Å². The van der Waals surface area contributed by atoms with Crippen molar-refractivity contribution in [3.8, 4) is 0 Å². The van der Waals surface area contributed by atoms with E-state index in [-0.39, 0.29) is 16.4 Å². The summed E-state index contributed by atoms with van der Waals surface area (Å²) in [4.78, 5) is 24.2. The highest BCUT2D eigenvalue weighted by Gasteiger charge is 2.28. The molecule has 0 aromatic heterocycles. The number of nitrogens with zero attached hydrogens (tertiary/aromatic N) is 1. The second-order valence-electron chi connectivity index (χ2n) is 7.22. The lowest BCUT2D eigenvalue weighted by atomic mass is 10.0. The molecule has 3 rings (SSSR count). The molecule has 1 aliphatic rings.